The van der Waals surface area contributed by atoms with E-state index in [1.54, 1.807) is 14.2 Å². The number of ether oxygens (including phenoxy) is 2. The summed E-state index contributed by atoms with van der Waals surface area (Å²) in [5.41, 5.74) is 6.47. The van der Waals surface area contributed by atoms with Gasteiger partial charge in [0.15, 0.2) is 0 Å². The Balaban J connectivity index is 2.59. The highest BCUT2D eigenvalue weighted by atomic mass is 16.5. The molecular formula is C13H19NO4. The summed E-state index contributed by atoms with van der Waals surface area (Å²) in [6.45, 7) is 0. The Morgan fingerprint density at radius 3 is 2.67 bits per heavy atom. The first-order valence-electron chi connectivity index (χ1n) is 5.77. The summed E-state index contributed by atoms with van der Waals surface area (Å²) < 4.78 is 10.4. The van der Waals surface area contributed by atoms with Gasteiger partial charge in [-0.1, -0.05) is 6.07 Å². The number of benzene rings is 1. The van der Waals surface area contributed by atoms with Crippen LogP contribution in [-0.2, 0) is 11.2 Å². The van der Waals surface area contributed by atoms with Crippen LogP contribution in [0.25, 0.3) is 0 Å². The zero-order chi connectivity index (χ0) is 13.5. The van der Waals surface area contributed by atoms with Gasteiger partial charge in [-0.05, 0) is 30.9 Å². The number of nitrogens with two attached hydrogens (primary N) is 1. The van der Waals surface area contributed by atoms with Crippen LogP contribution in [0.15, 0.2) is 18.2 Å². The lowest BCUT2D eigenvalue weighted by molar-refractivity contribution is -0.138. The number of carboxylic acid groups (broad SMARTS) is 1. The molecule has 5 nitrogen and oxygen atoms in total. The van der Waals surface area contributed by atoms with E-state index in [9.17, 15) is 4.79 Å². The van der Waals surface area contributed by atoms with Crippen molar-refractivity contribution in [2.24, 2.45) is 5.73 Å². The van der Waals surface area contributed by atoms with Gasteiger partial charge in [-0.2, -0.15) is 0 Å². The van der Waals surface area contributed by atoms with Gasteiger partial charge < -0.3 is 20.3 Å². The van der Waals surface area contributed by atoms with Crippen molar-refractivity contribution in [2.45, 2.75) is 25.3 Å². The van der Waals surface area contributed by atoms with E-state index in [0.717, 1.165) is 23.5 Å². The molecule has 100 valence electrons. The minimum atomic E-state index is -0.961. The SMILES string of the molecule is COc1ccc(CCCC(N)C(=O)O)c(OC)c1. The lowest BCUT2D eigenvalue weighted by Gasteiger charge is -2.11. The third-order valence-corrected chi connectivity index (χ3v) is 2.77. The molecular weight excluding hydrogens is 234 g/mol. The Kier molecular flexibility index (Phi) is 5.45. The van der Waals surface area contributed by atoms with Crippen LogP contribution in [0, 0.1) is 0 Å². The molecule has 0 radical (unpaired) electrons. The fourth-order valence-corrected chi connectivity index (χ4v) is 1.69. The van der Waals surface area contributed by atoms with E-state index in [4.69, 9.17) is 20.3 Å². The number of hydrogen-bond donors (Lipinski definition) is 2. The third kappa shape index (κ3) is 3.92. The maximum absolute atomic E-state index is 10.6. The first kappa shape index (κ1) is 14.3. The van der Waals surface area contributed by atoms with Crippen molar-refractivity contribution in [1.29, 1.82) is 0 Å². The number of aryl methyl sites for hydroxylation is 1. The highest BCUT2D eigenvalue weighted by Crippen LogP contribution is 2.25. The number of carboxylic acids is 1. The van der Waals surface area contributed by atoms with Crippen LogP contribution in [0.4, 0.5) is 0 Å². The summed E-state index contributed by atoms with van der Waals surface area (Å²) in [5.74, 6) is 0.521. The molecule has 1 unspecified atom stereocenters. The Hall–Kier alpha value is -1.75. The minimum Gasteiger partial charge on any atom is -0.497 e. The quantitative estimate of drug-likeness (QED) is 0.768. The van der Waals surface area contributed by atoms with Gasteiger partial charge in [0.1, 0.15) is 17.5 Å². The summed E-state index contributed by atoms with van der Waals surface area (Å²) in [6.07, 6.45) is 1.88. The first-order valence-corrected chi connectivity index (χ1v) is 5.77. The molecule has 1 aromatic carbocycles. The highest BCUT2D eigenvalue weighted by Gasteiger charge is 2.11. The molecule has 0 heterocycles. The lowest BCUT2D eigenvalue weighted by atomic mass is 10.0. The molecule has 0 aliphatic rings. The molecule has 3 N–H and O–H groups in total. The van der Waals surface area contributed by atoms with E-state index in [2.05, 4.69) is 0 Å². The van der Waals surface area contributed by atoms with E-state index in [1.807, 2.05) is 18.2 Å². The molecule has 0 bridgehead atoms. The number of rotatable bonds is 7. The predicted octanol–water partition coefficient (Wildman–Crippen LogP) is 1.44. The molecule has 0 aliphatic carbocycles. The first-order chi connectivity index (χ1) is 8.58. The van der Waals surface area contributed by atoms with Crippen molar-refractivity contribution in [2.75, 3.05) is 14.2 Å². The zero-order valence-corrected chi connectivity index (χ0v) is 10.7. The van der Waals surface area contributed by atoms with Crippen LogP contribution in [-0.4, -0.2) is 31.3 Å². The van der Waals surface area contributed by atoms with Gasteiger partial charge in [0, 0.05) is 6.07 Å². The monoisotopic (exact) mass is 253 g/mol. The summed E-state index contributed by atoms with van der Waals surface area (Å²) >= 11 is 0. The van der Waals surface area contributed by atoms with E-state index < -0.39 is 12.0 Å². The summed E-state index contributed by atoms with van der Waals surface area (Å²) in [7, 11) is 3.20. The third-order valence-electron chi connectivity index (χ3n) is 2.77. The van der Waals surface area contributed by atoms with Crippen LogP contribution in [0.3, 0.4) is 0 Å². The van der Waals surface area contributed by atoms with Crippen molar-refractivity contribution >= 4 is 5.97 Å². The molecule has 1 rings (SSSR count). The van der Waals surface area contributed by atoms with Crippen molar-refractivity contribution in [3.8, 4) is 11.5 Å². The zero-order valence-electron chi connectivity index (χ0n) is 10.7. The van der Waals surface area contributed by atoms with E-state index >= 15 is 0 Å². The molecule has 0 aromatic heterocycles. The second-order valence-electron chi connectivity index (χ2n) is 4.01. The van der Waals surface area contributed by atoms with Crippen LogP contribution in [0.1, 0.15) is 18.4 Å². The van der Waals surface area contributed by atoms with Gasteiger partial charge in [0.25, 0.3) is 0 Å². The van der Waals surface area contributed by atoms with Gasteiger partial charge in [-0.25, -0.2) is 0 Å². The molecule has 5 heteroatoms. The van der Waals surface area contributed by atoms with Gasteiger partial charge in [-0.15, -0.1) is 0 Å². The van der Waals surface area contributed by atoms with Gasteiger partial charge in [-0.3, -0.25) is 4.79 Å². The maximum Gasteiger partial charge on any atom is 0.320 e. The van der Waals surface area contributed by atoms with E-state index in [1.165, 1.54) is 0 Å². The second kappa shape index (κ2) is 6.86. The number of aliphatic carboxylic acids is 1. The molecule has 0 amide bonds. The molecule has 0 fully saturated rings. The fraction of sp³-hybridized carbons (Fsp3) is 0.462. The summed E-state index contributed by atoms with van der Waals surface area (Å²) in [5, 5.41) is 8.68. The Morgan fingerprint density at radius 2 is 2.11 bits per heavy atom. The molecule has 0 saturated carbocycles. The van der Waals surface area contributed by atoms with E-state index in [0.29, 0.717) is 12.8 Å². The average molecular weight is 253 g/mol. The molecule has 18 heavy (non-hydrogen) atoms. The fourth-order valence-electron chi connectivity index (χ4n) is 1.69. The average Bonchev–Trinajstić information content (AvgIpc) is 2.38. The largest absolute Gasteiger partial charge is 0.497 e. The van der Waals surface area contributed by atoms with Crippen LogP contribution < -0.4 is 15.2 Å². The molecule has 0 saturated heterocycles. The normalized spacial score (nSPS) is 11.9. The Morgan fingerprint density at radius 1 is 1.39 bits per heavy atom. The predicted molar refractivity (Wildman–Crippen MR) is 68.1 cm³/mol. The topological polar surface area (TPSA) is 81.8 Å². The minimum absolute atomic E-state index is 0.449. The number of carbonyl (C=O) groups is 1. The van der Waals surface area contributed by atoms with Gasteiger partial charge in [0.05, 0.1) is 14.2 Å². The molecule has 0 spiro atoms. The van der Waals surface area contributed by atoms with Crippen molar-refractivity contribution in [3.05, 3.63) is 23.8 Å². The Labute approximate surface area is 107 Å². The smallest absolute Gasteiger partial charge is 0.320 e. The number of hydrogen-bond acceptors (Lipinski definition) is 4. The maximum atomic E-state index is 10.6. The summed E-state index contributed by atoms with van der Waals surface area (Å²) in [4.78, 5) is 10.6. The molecule has 1 atom stereocenters. The summed E-state index contributed by atoms with van der Waals surface area (Å²) in [6, 6.07) is 4.79. The highest BCUT2D eigenvalue weighted by molar-refractivity contribution is 5.72. The number of methoxy groups -OCH3 is 2. The van der Waals surface area contributed by atoms with Gasteiger partial charge in [0.2, 0.25) is 0 Å². The second-order valence-corrected chi connectivity index (χ2v) is 4.01. The van der Waals surface area contributed by atoms with Crippen molar-refractivity contribution in [1.82, 2.24) is 0 Å². The van der Waals surface area contributed by atoms with Crippen molar-refractivity contribution in [3.63, 3.8) is 0 Å². The van der Waals surface area contributed by atoms with Gasteiger partial charge >= 0.3 is 5.97 Å². The molecule has 0 aliphatic heterocycles. The lowest BCUT2D eigenvalue weighted by Crippen LogP contribution is -2.29. The molecule has 1 aromatic rings. The standard InChI is InChI=1S/C13H19NO4/c1-17-10-7-6-9(12(8-10)18-2)4-3-5-11(14)13(15)16/h6-8,11H,3-5,14H2,1-2H3,(H,15,16). The van der Waals surface area contributed by atoms with Crippen molar-refractivity contribution < 1.29 is 19.4 Å². The van der Waals surface area contributed by atoms with Crippen LogP contribution in [0.5, 0.6) is 11.5 Å². The van der Waals surface area contributed by atoms with Crippen LogP contribution in [0.2, 0.25) is 0 Å². The Bertz CT molecular complexity index is 406. The van der Waals surface area contributed by atoms with Crippen LogP contribution >= 0.6 is 0 Å². The van der Waals surface area contributed by atoms with E-state index in [-0.39, 0.29) is 0 Å².